The van der Waals surface area contributed by atoms with E-state index in [-0.39, 0.29) is 6.04 Å². The Kier molecular flexibility index (Phi) is 4.42. The van der Waals surface area contributed by atoms with Crippen LogP contribution in [-0.4, -0.2) is 26.6 Å². The first-order valence-electron chi connectivity index (χ1n) is 8.41. The Balaban J connectivity index is 1.51. The lowest BCUT2D eigenvalue weighted by Crippen LogP contribution is -2.23. The van der Waals surface area contributed by atoms with Gasteiger partial charge in [0.1, 0.15) is 11.5 Å². The molecular formula is C19H16FN5O. The maximum absolute atomic E-state index is 13.0. The van der Waals surface area contributed by atoms with Crippen molar-refractivity contribution in [3.05, 3.63) is 65.4 Å². The molecule has 0 saturated carbocycles. The summed E-state index contributed by atoms with van der Waals surface area (Å²) in [5, 5.41) is 12.9. The average molecular weight is 349 g/mol. The van der Waals surface area contributed by atoms with E-state index in [2.05, 4.69) is 26.1 Å². The zero-order chi connectivity index (χ0) is 17.9. The predicted molar refractivity (Wildman–Crippen MR) is 91.0 cm³/mol. The number of aromatic nitrogens is 3. The predicted octanol–water partition coefficient (Wildman–Crippen LogP) is 3.48. The molecule has 4 rings (SSSR count). The molecule has 0 radical (unpaired) electrons. The summed E-state index contributed by atoms with van der Waals surface area (Å²) in [7, 11) is 0. The summed E-state index contributed by atoms with van der Waals surface area (Å²) in [5.74, 6) is 0.518. The van der Waals surface area contributed by atoms with Crippen molar-refractivity contribution in [3.8, 4) is 17.6 Å². The summed E-state index contributed by atoms with van der Waals surface area (Å²) in [6, 6.07) is 12.6. The van der Waals surface area contributed by atoms with Crippen molar-refractivity contribution in [1.29, 1.82) is 5.26 Å². The van der Waals surface area contributed by atoms with E-state index in [1.807, 2.05) is 24.3 Å². The third kappa shape index (κ3) is 3.32. The van der Waals surface area contributed by atoms with Crippen LogP contribution in [0.1, 0.15) is 35.9 Å². The van der Waals surface area contributed by atoms with Crippen LogP contribution in [0.2, 0.25) is 0 Å². The minimum Gasteiger partial charge on any atom is -0.337 e. The van der Waals surface area contributed by atoms with Gasteiger partial charge in [-0.05, 0) is 49.2 Å². The van der Waals surface area contributed by atoms with Crippen LogP contribution < -0.4 is 0 Å². The maximum Gasteiger partial charge on any atom is 0.244 e. The number of pyridine rings is 1. The highest BCUT2D eigenvalue weighted by Crippen LogP contribution is 2.33. The second-order valence-corrected chi connectivity index (χ2v) is 6.26. The fraction of sp³-hybridized carbons (Fsp3) is 0.263. The van der Waals surface area contributed by atoms with Crippen LogP contribution in [0.25, 0.3) is 11.5 Å². The number of hydrogen-bond donors (Lipinski definition) is 0. The second-order valence-electron chi connectivity index (χ2n) is 6.26. The van der Waals surface area contributed by atoms with Crippen LogP contribution >= 0.6 is 0 Å². The summed E-state index contributed by atoms with van der Waals surface area (Å²) in [6.45, 7) is 1.69. The van der Waals surface area contributed by atoms with Gasteiger partial charge >= 0.3 is 0 Å². The standard InChI is InChI=1S/C19H16FN5O/c20-15-7-8-16(22-11-15)18-23-19(26-24-18)17-2-1-9-25(17)12-14-5-3-13(10-21)4-6-14/h3-8,11,17H,1-2,9,12H2. The molecule has 1 fully saturated rings. The number of rotatable bonds is 4. The third-order valence-electron chi connectivity index (χ3n) is 4.52. The summed E-state index contributed by atoms with van der Waals surface area (Å²) < 4.78 is 18.5. The van der Waals surface area contributed by atoms with Gasteiger partial charge in [-0.3, -0.25) is 4.90 Å². The van der Waals surface area contributed by atoms with Gasteiger partial charge in [0.05, 0.1) is 23.9 Å². The van der Waals surface area contributed by atoms with Crippen LogP contribution in [0.4, 0.5) is 4.39 Å². The molecule has 1 atom stereocenters. The highest BCUT2D eigenvalue weighted by molar-refractivity contribution is 5.47. The van der Waals surface area contributed by atoms with Gasteiger partial charge in [0, 0.05) is 6.54 Å². The number of hydrogen-bond acceptors (Lipinski definition) is 6. The molecule has 1 aromatic carbocycles. The lowest BCUT2D eigenvalue weighted by atomic mass is 10.1. The topological polar surface area (TPSA) is 78.8 Å². The normalized spacial score (nSPS) is 17.3. The molecule has 1 unspecified atom stereocenters. The Labute approximate surface area is 149 Å². The first kappa shape index (κ1) is 16.4. The Morgan fingerprint density at radius 1 is 1.23 bits per heavy atom. The van der Waals surface area contributed by atoms with Gasteiger partial charge in [-0.2, -0.15) is 10.2 Å². The zero-order valence-corrected chi connectivity index (χ0v) is 14.0. The zero-order valence-electron chi connectivity index (χ0n) is 14.0. The van der Waals surface area contributed by atoms with E-state index in [9.17, 15) is 4.39 Å². The molecule has 6 nitrogen and oxygen atoms in total. The van der Waals surface area contributed by atoms with Gasteiger partial charge in [-0.15, -0.1) is 0 Å². The number of benzene rings is 1. The maximum atomic E-state index is 13.0. The molecule has 26 heavy (non-hydrogen) atoms. The first-order valence-corrected chi connectivity index (χ1v) is 8.41. The van der Waals surface area contributed by atoms with Crippen LogP contribution in [0.3, 0.4) is 0 Å². The molecule has 0 aliphatic carbocycles. The molecule has 0 amide bonds. The Bertz CT molecular complexity index is 930. The molecule has 1 aliphatic rings. The van der Waals surface area contributed by atoms with Crippen molar-refractivity contribution >= 4 is 0 Å². The molecule has 0 bridgehead atoms. The SMILES string of the molecule is N#Cc1ccc(CN2CCCC2c2nc(-c3ccc(F)cn3)no2)cc1. The lowest BCUT2D eigenvalue weighted by molar-refractivity contribution is 0.201. The van der Waals surface area contributed by atoms with Gasteiger partial charge in [0.2, 0.25) is 11.7 Å². The van der Waals surface area contributed by atoms with Crippen molar-refractivity contribution in [2.24, 2.45) is 0 Å². The molecule has 2 aromatic heterocycles. The molecule has 3 aromatic rings. The summed E-state index contributed by atoms with van der Waals surface area (Å²) in [5.41, 5.74) is 2.27. The molecule has 1 saturated heterocycles. The Hall–Kier alpha value is -3.11. The summed E-state index contributed by atoms with van der Waals surface area (Å²) in [4.78, 5) is 10.7. The smallest absolute Gasteiger partial charge is 0.244 e. The number of nitrogens with zero attached hydrogens (tertiary/aromatic N) is 5. The Morgan fingerprint density at radius 2 is 2.08 bits per heavy atom. The average Bonchev–Trinajstić information content (AvgIpc) is 3.32. The van der Waals surface area contributed by atoms with Crippen molar-refractivity contribution in [2.45, 2.75) is 25.4 Å². The van der Waals surface area contributed by atoms with Crippen molar-refractivity contribution in [3.63, 3.8) is 0 Å². The summed E-state index contributed by atoms with van der Waals surface area (Å²) >= 11 is 0. The molecule has 0 N–H and O–H groups in total. The van der Waals surface area contributed by atoms with E-state index in [0.29, 0.717) is 23.0 Å². The summed E-state index contributed by atoms with van der Waals surface area (Å²) in [6.07, 6.45) is 3.13. The van der Waals surface area contributed by atoms with Gasteiger partial charge < -0.3 is 4.52 Å². The molecule has 3 heterocycles. The third-order valence-corrected chi connectivity index (χ3v) is 4.52. The monoisotopic (exact) mass is 349 g/mol. The molecular weight excluding hydrogens is 333 g/mol. The van der Waals surface area contributed by atoms with Crippen molar-refractivity contribution < 1.29 is 8.91 Å². The number of likely N-dealkylation sites (tertiary alicyclic amines) is 1. The second kappa shape index (κ2) is 7.02. The lowest BCUT2D eigenvalue weighted by Gasteiger charge is -2.21. The van der Waals surface area contributed by atoms with Crippen LogP contribution in [0, 0.1) is 17.1 Å². The fourth-order valence-corrected chi connectivity index (χ4v) is 3.20. The largest absolute Gasteiger partial charge is 0.337 e. The van der Waals surface area contributed by atoms with Crippen molar-refractivity contribution in [1.82, 2.24) is 20.0 Å². The molecule has 1 aliphatic heterocycles. The Morgan fingerprint density at radius 3 is 2.81 bits per heavy atom. The van der Waals surface area contributed by atoms with Crippen LogP contribution in [-0.2, 0) is 6.54 Å². The quantitative estimate of drug-likeness (QED) is 0.717. The van der Waals surface area contributed by atoms with Crippen LogP contribution in [0.15, 0.2) is 47.1 Å². The number of halogens is 1. The van der Waals surface area contributed by atoms with Gasteiger partial charge in [-0.1, -0.05) is 17.3 Å². The first-order chi connectivity index (χ1) is 12.7. The van der Waals surface area contributed by atoms with E-state index >= 15 is 0 Å². The molecule has 0 spiro atoms. The van der Waals surface area contributed by atoms with E-state index in [4.69, 9.17) is 9.78 Å². The van der Waals surface area contributed by atoms with Gasteiger partial charge in [0.15, 0.2) is 0 Å². The van der Waals surface area contributed by atoms with E-state index in [1.54, 1.807) is 0 Å². The van der Waals surface area contributed by atoms with Crippen LogP contribution in [0.5, 0.6) is 0 Å². The molecule has 130 valence electrons. The van der Waals surface area contributed by atoms with Crippen molar-refractivity contribution in [2.75, 3.05) is 6.54 Å². The molecule has 7 heteroatoms. The minimum absolute atomic E-state index is 0.0485. The van der Waals surface area contributed by atoms with E-state index in [1.165, 1.54) is 12.1 Å². The number of nitriles is 1. The van der Waals surface area contributed by atoms with Gasteiger partial charge in [0.25, 0.3) is 0 Å². The fourth-order valence-electron chi connectivity index (χ4n) is 3.20. The highest BCUT2D eigenvalue weighted by Gasteiger charge is 2.31. The van der Waals surface area contributed by atoms with E-state index < -0.39 is 5.82 Å². The van der Waals surface area contributed by atoms with E-state index in [0.717, 1.165) is 37.7 Å². The van der Waals surface area contributed by atoms with Gasteiger partial charge in [-0.25, -0.2) is 9.37 Å². The minimum atomic E-state index is -0.401. The highest BCUT2D eigenvalue weighted by atomic mass is 19.1.